The standard InChI is InChI=1S/C18H28O2/c1-11(2)15-7-4-12(3)8-17(15)20-18(19)16-10-13-5-6-14(16)9-13/h5-6,11-17H,4,7-10H2,1-3H3/t12-,13+,14-,15+,16+,17-/m1/s1. The summed E-state index contributed by atoms with van der Waals surface area (Å²) < 4.78 is 6.00. The Morgan fingerprint density at radius 2 is 1.95 bits per heavy atom. The highest BCUT2D eigenvalue weighted by Gasteiger charge is 2.42. The van der Waals surface area contributed by atoms with Gasteiger partial charge in [-0.3, -0.25) is 4.79 Å². The van der Waals surface area contributed by atoms with Crippen molar-refractivity contribution in [3.63, 3.8) is 0 Å². The molecular weight excluding hydrogens is 248 g/mol. The van der Waals surface area contributed by atoms with E-state index in [1.165, 1.54) is 19.3 Å². The van der Waals surface area contributed by atoms with Crippen LogP contribution in [0.1, 0.15) is 52.9 Å². The summed E-state index contributed by atoms with van der Waals surface area (Å²) in [5, 5.41) is 0. The second-order valence-corrected chi connectivity index (χ2v) is 7.69. The van der Waals surface area contributed by atoms with Crippen LogP contribution in [0.5, 0.6) is 0 Å². The Labute approximate surface area is 123 Å². The molecule has 3 rings (SSSR count). The lowest BCUT2D eigenvalue weighted by Crippen LogP contribution is -2.37. The smallest absolute Gasteiger partial charge is 0.309 e. The first kappa shape index (κ1) is 14.2. The van der Waals surface area contributed by atoms with Crippen molar-refractivity contribution in [1.29, 1.82) is 0 Å². The zero-order valence-corrected chi connectivity index (χ0v) is 13.0. The first-order valence-corrected chi connectivity index (χ1v) is 8.43. The Morgan fingerprint density at radius 3 is 2.55 bits per heavy atom. The Balaban J connectivity index is 1.63. The summed E-state index contributed by atoms with van der Waals surface area (Å²) in [6.07, 6.45) is 10.4. The number of esters is 1. The van der Waals surface area contributed by atoms with Gasteiger partial charge in [0.2, 0.25) is 0 Å². The number of fused-ring (bicyclic) bond motifs is 2. The van der Waals surface area contributed by atoms with Crippen molar-refractivity contribution in [3.05, 3.63) is 12.2 Å². The van der Waals surface area contributed by atoms with Crippen LogP contribution in [-0.4, -0.2) is 12.1 Å². The van der Waals surface area contributed by atoms with Gasteiger partial charge in [0.25, 0.3) is 0 Å². The van der Waals surface area contributed by atoms with E-state index in [-0.39, 0.29) is 18.0 Å². The molecule has 0 amide bonds. The van der Waals surface area contributed by atoms with Crippen LogP contribution in [0.2, 0.25) is 0 Å². The highest BCUT2D eigenvalue weighted by atomic mass is 16.5. The molecule has 0 saturated heterocycles. The van der Waals surface area contributed by atoms with E-state index in [1.54, 1.807) is 0 Å². The second-order valence-electron chi connectivity index (χ2n) is 7.69. The van der Waals surface area contributed by atoms with Gasteiger partial charge in [0.15, 0.2) is 0 Å². The summed E-state index contributed by atoms with van der Waals surface area (Å²) in [6.45, 7) is 6.82. The van der Waals surface area contributed by atoms with Crippen LogP contribution in [0.3, 0.4) is 0 Å². The van der Waals surface area contributed by atoms with Crippen LogP contribution < -0.4 is 0 Å². The predicted octanol–water partition coefficient (Wildman–Crippen LogP) is 4.20. The summed E-state index contributed by atoms with van der Waals surface area (Å²) in [5.74, 6) is 3.21. The average Bonchev–Trinajstić information content (AvgIpc) is 3.00. The number of allylic oxidation sites excluding steroid dienone is 2. The van der Waals surface area contributed by atoms with Gasteiger partial charge < -0.3 is 4.74 Å². The predicted molar refractivity (Wildman–Crippen MR) is 80.1 cm³/mol. The molecule has 2 fully saturated rings. The Morgan fingerprint density at radius 1 is 1.15 bits per heavy atom. The molecule has 0 aromatic rings. The third-order valence-electron chi connectivity index (χ3n) is 5.81. The molecule has 20 heavy (non-hydrogen) atoms. The Hall–Kier alpha value is -0.790. The van der Waals surface area contributed by atoms with E-state index in [0.29, 0.717) is 29.6 Å². The largest absolute Gasteiger partial charge is 0.462 e. The van der Waals surface area contributed by atoms with Gasteiger partial charge in [0.1, 0.15) is 6.10 Å². The van der Waals surface area contributed by atoms with Crippen molar-refractivity contribution in [1.82, 2.24) is 0 Å². The van der Waals surface area contributed by atoms with E-state index in [2.05, 4.69) is 32.9 Å². The molecule has 0 aliphatic heterocycles. The summed E-state index contributed by atoms with van der Waals surface area (Å²) in [4.78, 5) is 12.5. The summed E-state index contributed by atoms with van der Waals surface area (Å²) in [7, 11) is 0. The maximum absolute atomic E-state index is 12.5. The molecule has 0 unspecified atom stereocenters. The Kier molecular flexibility index (Phi) is 3.92. The fourth-order valence-electron chi connectivity index (χ4n) is 4.54. The third kappa shape index (κ3) is 2.66. The lowest BCUT2D eigenvalue weighted by molar-refractivity contribution is -0.161. The van der Waals surface area contributed by atoms with Gasteiger partial charge in [0.05, 0.1) is 5.92 Å². The SMILES string of the molecule is CC(C)[C@@H]1CC[C@@H](C)C[C@H]1OC(=O)[C@H]1C[C@H]2C=C[C@@H]1C2. The molecule has 112 valence electrons. The van der Waals surface area contributed by atoms with Crippen LogP contribution in [-0.2, 0) is 9.53 Å². The van der Waals surface area contributed by atoms with E-state index in [4.69, 9.17) is 4.74 Å². The highest BCUT2D eigenvalue weighted by Crippen LogP contribution is 2.45. The number of hydrogen-bond acceptors (Lipinski definition) is 2. The first-order valence-electron chi connectivity index (χ1n) is 8.43. The van der Waals surface area contributed by atoms with Gasteiger partial charge in [-0.15, -0.1) is 0 Å². The van der Waals surface area contributed by atoms with Gasteiger partial charge >= 0.3 is 5.97 Å². The molecule has 3 aliphatic rings. The van der Waals surface area contributed by atoms with Crippen molar-refractivity contribution >= 4 is 5.97 Å². The van der Waals surface area contributed by atoms with Crippen LogP contribution in [0.4, 0.5) is 0 Å². The van der Waals surface area contributed by atoms with Gasteiger partial charge in [-0.25, -0.2) is 0 Å². The average molecular weight is 276 g/mol. The maximum atomic E-state index is 12.5. The van der Waals surface area contributed by atoms with Crippen molar-refractivity contribution in [2.45, 2.75) is 59.0 Å². The number of carbonyl (C=O) groups excluding carboxylic acids is 1. The van der Waals surface area contributed by atoms with Crippen LogP contribution in [0.15, 0.2) is 12.2 Å². The minimum Gasteiger partial charge on any atom is -0.462 e. The molecule has 0 heterocycles. The number of carbonyl (C=O) groups is 1. The van der Waals surface area contributed by atoms with E-state index >= 15 is 0 Å². The second kappa shape index (κ2) is 5.54. The van der Waals surface area contributed by atoms with Crippen molar-refractivity contribution in [3.8, 4) is 0 Å². The van der Waals surface area contributed by atoms with E-state index in [1.807, 2.05) is 0 Å². The fraction of sp³-hybridized carbons (Fsp3) is 0.833. The number of hydrogen-bond donors (Lipinski definition) is 0. The number of rotatable bonds is 3. The quantitative estimate of drug-likeness (QED) is 0.570. The molecule has 6 atom stereocenters. The molecule has 2 bridgehead atoms. The van der Waals surface area contributed by atoms with Gasteiger partial charge in [0, 0.05) is 0 Å². The molecule has 0 aromatic heterocycles. The normalized spacial score (nSPS) is 43.2. The molecule has 2 heteroatoms. The minimum absolute atomic E-state index is 0.0894. The molecule has 2 saturated carbocycles. The monoisotopic (exact) mass is 276 g/mol. The van der Waals surface area contributed by atoms with E-state index in [0.717, 1.165) is 12.8 Å². The lowest BCUT2D eigenvalue weighted by atomic mass is 9.75. The maximum Gasteiger partial charge on any atom is 0.309 e. The van der Waals surface area contributed by atoms with Crippen LogP contribution >= 0.6 is 0 Å². The highest BCUT2D eigenvalue weighted by molar-refractivity contribution is 5.74. The van der Waals surface area contributed by atoms with Crippen molar-refractivity contribution < 1.29 is 9.53 Å². The molecule has 0 spiro atoms. The summed E-state index contributed by atoms with van der Waals surface area (Å²) in [6, 6.07) is 0. The molecule has 0 aromatic carbocycles. The topological polar surface area (TPSA) is 26.3 Å². The van der Waals surface area contributed by atoms with Crippen LogP contribution in [0, 0.1) is 35.5 Å². The molecule has 2 nitrogen and oxygen atoms in total. The summed E-state index contributed by atoms with van der Waals surface area (Å²) in [5.41, 5.74) is 0. The zero-order valence-electron chi connectivity index (χ0n) is 13.0. The first-order chi connectivity index (χ1) is 9.54. The third-order valence-corrected chi connectivity index (χ3v) is 5.81. The zero-order chi connectivity index (χ0) is 14.3. The Bertz CT molecular complexity index is 398. The van der Waals surface area contributed by atoms with E-state index < -0.39 is 0 Å². The van der Waals surface area contributed by atoms with Gasteiger partial charge in [-0.1, -0.05) is 39.3 Å². The van der Waals surface area contributed by atoms with Crippen molar-refractivity contribution in [2.24, 2.45) is 35.5 Å². The van der Waals surface area contributed by atoms with E-state index in [9.17, 15) is 4.79 Å². The lowest BCUT2D eigenvalue weighted by Gasteiger charge is -2.37. The fourth-order valence-corrected chi connectivity index (χ4v) is 4.54. The van der Waals surface area contributed by atoms with Gasteiger partial charge in [-0.2, -0.15) is 0 Å². The number of ether oxygens (including phenoxy) is 1. The molecule has 0 radical (unpaired) electrons. The van der Waals surface area contributed by atoms with Gasteiger partial charge in [-0.05, 0) is 55.3 Å². The molecule has 0 N–H and O–H groups in total. The molecular formula is C18H28O2. The van der Waals surface area contributed by atoms with Crippen LogP contribution in [0.25, 0.3) is 0 Å². The molecule has 3 aliphatic carbocycles. The van der Waals surface area contributed by atoms with Crippen molar-refractivity contribution in [2.75, 3.05) is 0 Å². The summed E-state index contributed by atoms with van der Waals surface area (Å²) >= 11 is 0. The minimum atomic E-state index is 0.0894.